The van der Waals surface area contributed by atoms with Gasteiger partial charge in [-0.1, -0.05) is 0 Å². The molecule has 0 spiro atoms. The minimum absolute atomic E-state index is 0.0783. The highest BCUT2D eigenvalue weighted by Gasteiger charge is 2.42. The molecular weight excluding hydrogens is 208 g/mol. The summed E-state index contributed by atoms with van der Waals surface area (Å²) in [6.45, 7) is 0. The van der Waals surface area contributed by atoms with Crippen molar-refractivity contribution in [1.82, 2.24) is 0 Å². The molecule has 1 rings (SSSR count). The molecule has 1 aliphatic carbocycles. The summed E-state index contributed by atoms with van der Waals surface area (Å²) in [6.07, 6.45) is 5.67. The van der Waals surface area contributed by atoms with E-state index in [1.165, 1.54) is 0 Å². The zero-order valence-electron chi connectivity index (χ0n) is 7.95. The fourth-order valence-corrected chi connectivity index (χ4v) is 1.32. The summed E-state index contributed by atoms with van der Waals surface area (Å²) in [4.78, 5) is 10.2. The molecular formula is C8H16O3S2. The van der Waals surface area contributed by atoms with Gasteiger partial charge in [-0.2, -0.15) is 12.6 Å². The molecule has 5 heteroatoms. The lowest BCUT2D eigenvalue weighted by Gasteiger charge is -2.05. The van der Waals surface area contributed by atoms with Crippen LogP contribution in [0.1, 0.15) is 19.3 Å². The van der Waals surface area contributed by atoms with Crippen LogP contribution in [0.2, 0.25) is 0 Å². The number of aliphatic carboxylic acids is 1. The second-order valence-corrected chi connectivity index (χ2v) is 5.27. The molecule has 0 aliphatic heterocycles. The van der Waals surface area contributed by atoms with E-state index in [1.54, 1.807) is 12.5 Å². The van der Waals surface area contributed by atoms with Crippen molar-refractivity contribution >= 4 is 29.4 Å². The highest BCUT2D eigenvalue weighted by molar-refractivity contribution is 7.83. The van der Waals surface area contributed by atoms with E-state index >= 15 is 0 Å². The van der Waals surface area contributed by atoms with E-state index in [0.717, 1.165) is 18.6 Å². The molecule has 0 unspecified atom stereocenters. The van der Waals surface area contributed by atoms with E-state index in [4.69, 9.17) is 5.11 Å². The molecule has 0 atom stereocenters. The van der Waals surface area contributed by atoms with Gasteiger partial charge < -0.3 is 5.11 Å². The molecule has 1 N–H and O–H groups in total. The third kappa shape index (κ3) is 7.07. The summed E-state index contributed by atoms with van der Waals surface area (Å²) < 4.78 is 9.56. The maximum atomic E-state index is 10.2. The van der Waals surface area contributed by atoms with Crippen molar-refractivity contribution in [2.75, 3.05) is 18.3 Å². The first-order valence-electron chi connectivity index (χ1n) is 3.99. The predicted octanol–water partition coefficient (Wildman–Crippen LogP) is 1.17. The van der Waals surface area contributed by atoms with Crippen LogP contribution >= 0.6 is 12.6 Å². The van der Waals surface area contributed by atoms with E-state index in [0.29, 0.717) is 6.42 Å². The smallest absolute Gasteiger partial charge is 0.303 e. The number of hydrogen-bond acceptors (Lipinski definition) is 3. The Bertz CT molecular complexity index is 196. The largest absolute Gasteiger partial charge is 0.481 e. The van der Waals surface area contributed by atoms with Gasteiger partial charge in [0.05, 0.1) is 6.42 Å². The predicted molar refractivity (Wildman–Crippen MR) is 57.8 cm³/mol. The van der Waals surface area contributed by atoms with E-state index in [2.05, 4.69) is 12.6 Å². The van der Waals surface area contributed by atoms with Gasteiger partial charge in [-0.05, 0) is 24.0 Å². The van der Waals surface area contributed by atoms with Gasteiger partial charge in [-0.25, -0.2) is 0 Å². The number of thiol groups is 1. The SMILES string of the molecule is CS(C)=O.O=C(O)CC1(CS)CC1. The molecule has 0 radical (unpaired) electrons. The Morgan fingerprint density at radius 1 is 1.54 bits per heavy atom. The number of hydrogen-bond donors (Lipinski definition) is 2. The van der Waals surface area contributed by atoms with Crippen molar-refractivity contribution in [2.45, 2.75) is 19.3 Å². The van der Waals surface area contributed by atoms with E-state index in [-0.39, 0.29) is 5.41 Å². The average Bonchev–Trinajstić information content (AvgIpc) is 2.67. The van der Waals surface area contributed by atoms with Crippen LogP contribution < -0.4 is 0 Å². The van der Waals surface area contributed by atoms with Gasteiger partial charge >= 0.3 is 5.97 Å². The highest BCUT2D eigenvalue weighted by atomic mass is 32.2. The second kappa shape index (κ2) is 5.65. The van der Waals surface area contributed by atoms with E-state index in [9.17, 15) is 9.00 Å². The van der Waals surface area contributed by atoms with Crippen LogP contribution in [0, 0.1) is 5.41 Å². The van der Waals surface area contributed by atoms with Crippen molar-refractivity contribution in [2.24, 2.45) is 5.41 Å². The summed E-state index contributed by atoms with van der Waals surface area (Å²) in [5.41, 5.74) is 0.0783. The number of rotatable bonds is 3. The van der Waals surface area contributed by atoms with E-state index in [1.807, 2.05) is 0 Å². The Kier molecular flexibility index (Phi) is 5.64. The topological polar surface area (TPSA) is 54.4 Å². The van der Waals surface area contributed by atoms with Crippen molar-refractivity contribution in [3.05, 3.63) is 0 Å². The lowest BCUT2D eigenvalue weighted by Crippen LogP contribution is -2.09. The zero-order chi connectivity index (χ0) is 10.5. The summed E-state index contributed by atoms with van der Waals surface area (Å²) in [5.74, 6) is 0.0285. The molecule has 1 fully saturated rings. The van der Waals surface area contributed by atoms with Gasteiger partial charge in [-0.15, -0.1) is 0 Å². The first-order valence-corrected chi connectivity index (χ1v) is 6.59. The van der Waals surface area contributed by atoms with Crippen molar-refractivity contribution < 1.29 is 14.1 Å². The van der Waals surface area contributed by atoms with Gasteiger partial charge in [0.1, 0.15) is 0 Å². The Balaban J connectivity index is 0.000000310. The molecule has 0 saturated heterocycles. The molecule has 1 saturated carbocycles. The fourth-order valence-electron chi connectivity index (χ4n) is 0.888. The lowest BCUT2D eigenvalue weighted by molar-refractivity contribution is -0.138. The summed E-state index contributed by atoms with van der Waals surface area (Å²) in [6, 6.07) is 0. The minimum Gasteiger partial charge on any atom is -0.481 e. The van der Waals surface area contributed by atoms with E-state index < -0.39 is 16.8 Å². The standard InChI is InChI=1S/C6H10O2S.C2H6OS/c7-5(8)3-6(4-9)1-2-6;1-4(2)3/h9H,1-4H2,(H,7,8);1-2H3. The van der Waals surface area contributed by atoms with Crippen LogP contribution in [-0.2, 0) is 15.6 Å². The second-order valence-electron chi connectivity index (χ2n) is 3.47. The Hall–Kier alpha value is -0.0300. The van der Waals surface area contributed by atoms with Gasteiger partial charge in [0.25, 0.3) is 0 Å². The molecule has 0 amide bonds. The van der Waals surface area contributed by atoms with Crippen LogP contribution in [0.5, 0.6) is 0 Å². The molecule has 0 aromatic rings. The molecule has 78 valence electrons. The monoisotopic (exact) mass is 224 g/mol. The first kappa shape index (κ1) is 13.0. The first-order chi connectivity index (χ1) is 5.92. The quantitative estimate of drug-likeness (QED) is 0.707. The van der Waals surface area contributed by atoms with Crippen molar-refractivity contribution in [3.8, 4) is 0 Å². The van der Waals surface area contributed by atoms with Crippen LogP contribution in [-0.4, -0.2) is 33.5 Å². The molecule has 0 aromatic carbocycles. The summed E-state index contributed by atoms with van der Waals surface area (Å²) in [5, 5.41) is 8.39. The minimum atomic E-state index is -0.693. The van der Waals surface area contributed by atoms with Crippen LogP contribution in [0.4, 0.5) is 0 Å². The summed E-state index contributed by atoms with van der Waals surface area (Å²) in [7, 11) is -0.611. The maximum Gasteiger partial charge on any atom is 0.303 e. The van der Waals surface area contributed by atoms with Gasteiger partial charge in [0.2, 0.25) is 0 Å². The van der Waals surface area contributed by atoms with Crippen molar-refractivity contribution in [1.29, 1.82) is 0 Å². The Morgan fingerprint density at radius 2 is 1.92 bits per heavy atom. The molecule has 0 heterocycles. The summed E-state index contributed by atoms with van der Waals surface area (Å²) >= 11 is 4.07. The Morgan fingerprint density at radius 3 is 2.00 bits per heavy atom. The van der Waals surface area contributed by atoms with Crippen molar-refractivity contribution in [3.63, 3.8) is 0 Å². The lowest BCUT2D eigenvalue weighted by atomic mass is 10.1. The number of carbonyl (C=O) groups is 1. The molecule has 1 aliphatic rings. The van der Waals surface area contributed by atoms with Crippen LogP contribution in [0.3, 0.4) is 0 Å². The van der Waals surface area contributed by atoms with Crippen LogP contribution in [0.15, 0.2) is 0 Å². The normalized spacial score (nSPS) is 17.5. The fraction of sp³-hybridized carbons (Fsp3) is 0.875. The van der Waals surface area contributed by atoms with Gasteiger partial charge in [-0.3, -0.25) is 9.00 Å². The van der Waals surface area contributed by atoms with Gasteiger partial charge in [0, 0.05) is 23.3 Å². The number of carboxylic acid groups (broad SMARTS) is 1. The third-order valence-electron chi connectivity index (χ3n) is 1.82. The molecule has 0 bridgehead atoms. The zero-order valence-corrected chi connectivity index (χ0v) is 9.66. The molecule has 13 heavy (non-hydrogen) atoms. The Labute approximate surface area is 86.8 Å². The highest BCUT2D eigenvalue weighted by Crippen LogP contribution is 2.49. The number of carboxylic acids is 1. The molecule has 3 nitrogen and oxygen atoms in total. The molecule has 0 aromatic heterocycles. The third-order valence-corrected chi connectivity index (χ3v) is 2.49. The van der Waals surface area contributed by atoms with Crippen LogP contribution in [0.25, 0.3) is 0 Å². The average molecular weight is 224 g/mol. The van der Waals surface area contributed by atoms with Gasteiger partial charge in [0.15, 0.2) is 0 Å². The maximum absolute atomic E-state index is 10.2.